The van der Waals surface area contributed by atoms with Crippen LogP contribution in [0, 0.1) is 11.3 Å². The van der Waals surface area contributed by atoms with Crippen LogP contribution in [-0.4, -0.2) is 5.78 Å². The fourth-order valence-corrected chi connectivity index (χ4v) is 1.58. The van der Waals surface area contributed by atoms with Crippen LogP contribution in [0.3, 0.4) is 0 Å². The number of rotatable bonds is 2. The molecule has 0 aromatic heterocycles. The summed E-state index contributed by atoms with van der Waals surface area (Å²) in [5.74, 6) is 0.870. The third-order valence-corrected chi connectivity index (χ3v) is 2.71. The molecular weight excluding hydrogens is 112 g/mol. The van der Waals surface area contributed by atoms with E-state index in [1.165, 1.54) is 0 Å². The van der Waals surface area contributed by atoms with Gasteiger partial charge in [-0.1, -0.05) is 20.8 Å². The summed E-state index contributed by atoms with van der Waals surface area (Å²) in [6.07, 6.45) is 2.05. The fraction of sp³-hybridized carbons (Fsp3) is 0.875. The van der Waals surface area contributed by atoms with Crippen LogP contribution in [0.5, 0.6) is 0 Å². The van der Waals surface area contributed by atoms with Crippen molar-refractivity contribution in [3.63, 3.8) is 0 Å². The first-order valence-electron chi connectivity index (χ1n) is 3.71. The van der Waals surface area contributed by atoms with Gasteiger partial charge in [0.05, 0.1) is 0 Å². The van der Waals surface area contributed by atoms with Crippen LogP contribution >= 0.6 is 0 Å². The number of Topliss-reactive ketones (excluding diaryl/α,β-unsaturated/α-hetero) is 1. The lowest BCUT2D eigenvalue weighted by molar-refractivity contribution is -0.113. The normalized spacial score (nSPS) is 41.2. The Balaban J connectivity index is 2.58. The van der Waals surface area contributed by atoms with E-state index in [2.05, 4.69) is 20.8 Å². The second kappa shape index (κ2) is 1.83. The average Bonchev–Trinajstić information content (AvgIpc) is 2.38. The molecule has 0 saturated heterocycles. The molecule has 1 heteroatoms. The summed E-state index contributed by atoms with van der Waals surface area (Å²) in [5, 5.41) is 0. The van der Waals surface area contributed by atoms with Gasteiger partial charge in [0.25, 0.3) is 0 Å². The highest BCUT2D eigenvalue weighted by Gasteiger charge is 2.57. The molecule has 9 heavy (non-hydrogen) atoms. The Bertz CT molecular complexity index is 140. The lowest BCUT2D eigenvalue weighted by atomic mass is 10.0. The number of hydrogen-bond donors (Lipinski definition) is 0. The Morgan fingerprint density at radius 2 is 2.11 bits per heavy atom. The van der Waals surface area contributed by atoms with Crippen LogP contribution in [0.1, 0.15) is 33.6 Å². The van der Waals surface area contributed by atoms with Crippen LogP contribution in [-0.2, 0) is 4.79 Å². The molecule has 0 radical (unpaired) electrons. The van der Waals surface area contributed by atoms with Gasteiger partial charge < -0.3 is 0 Å². The van der Waals surface area contributed by atoms with Crippen molar-refractivity contribution in [2.75, 3.05) is 0 Å². The third kappa shape index (κ3) is 0.707. The first-order valence-corrected chi connectivity index (χ1v) is 3.71. The summed E-state index contributed by atoms with van der Waals surface area (Å²) in [6, 6.07) is 0. The van der Waals surface area contributed by atoms with Gasteiger partial charge in [-0.3, -0.25) is 4.79 Å². The maximum atomic E-state index is 11.0. The van der Waals surface area contributed by atoms with Gasteiger partial charge >= 0.3 is 0 Å². The summed E-state index contributed by atoms with van der Waals surface area (Å²) in [5.41, 5.74) is 0.0781. The van der Waals surface area contributed by atoms with Gasteiger partial charge in [0.15, 0.2) is 0 Å². The van der Waals surface area contributed by atoms with Crippen LogP contribution in [0.15, 0.2) is 0 Å². The summed E-state index contributed by atoms with van der Waals surface area (Å²) in [4.78, 5) is 11.0. The van der Waals surface area contributed by atoms with Crippen molar-refractivity contribution in [3.05, 3.63) is 0 Å². The highest BCUT2D eigenvalue weighted by molar-refractivity contribution is 6.03. The van der Waals surface area contributed by atoms with Crippen LogP contribution in [0.25, 0.3) is 0 Å². The van der Waals surface area contributed by atoms with E-state index in [1.54, 1.807) is 0 Å². The van der Waals surface area contributed by atoms with Gasteiger partial charge in [0, 0.05) is 11.3 Å². The second-order valence-electron chi connectivity index (χ2n) is 3.10. The first kappa shape index (κ1) is 6.79. The Kier molecular flexibility index (Phi) is 1.38. The monoisotopic (exact) mass is 126 g/mol. The molecule has 0 spiro atoms. The van der Waals surface area contributed by atoms with E-state index in [4.69, 9.17) is 0 Å². The Hall–Kier alpha value is -0.330. The number of ketones is 1. The number of carbonyl (C=O) groups excluding carboxylic acids is 1. The quantitative estimate of drug-likeness (QED) is 0.553. The molecule has 0 N–H and O–H groups in total. The Morgan fingerprint density at radius 3 is 2.22 bits per heavy atom. The standard InChI is InChI=1S/C8H14O/c1-4-6-7(9)8(6,3)5-2/h6H,4-5H2,1-3H3. The number of hydrogen-bond acceptors (Lipinski definition) is 1. The molecule has 0 aliphatic heterocycles. The lowest BCUT2D eigenvalue weighted by Crippen LogP contribution is -1.95. The van der Waals surface area contributed by atoms with E-state index < -0.39 is 0 Å². The van der Waals surface area contributed by atoms with E-state index >= 15 is 0 Å². The van der Waals surface area contributed by atoms with Crippen molar-refractivity contribution in [3.8, 4) is 0 Å². The van der Waals surface area contributed by atoms with Crippen molar-refractivity contribution >= 4 is 5.78 Å². The molecule has 0 aromatic rings. The van der Waals surface area contributed by atoms with Crippen molar-refractivity contribution in [2.24, 2.45) is 11.3 Å². The minimum atomic E-state index is 0.0781. The van der Waals surface area contributed by atoms with Gasteiger partial charge in [0.1, 0.15) is 5.78 Å². The fourth-order valence-electron chi connectivity index (χ4n) is 1.58. The second-order valence-corrected chi connectivity index (χ2v) is 3.10. The zero-order valence-electron chi connectivity index (χ0n) is 6.40. The third-order valence-electron chi connectivity index (χ3n) is 2.71. The summed E-state index contributed by atoms with van der Waals surface area (Å²) < 4.78 is 0. The molecule has 1 fully saturated rings. The Morgan fingerprint density at radius 1 is 1.56 bits per heavy atom. The average molecular weight is 126 g/mol. The predicted octanol–water partition coefficient (Wildman–Crippen LogP) is 2.01. The first-order chi connectivity index (χ1) is 4.16. The largest absolute Gasteiger partial charge is 0.299 e. The summed E-state index contributed by atoms with van der Waals surface area (Å²) in [7, 11) is 0. The van der Waals surface area contributed by atoms with Crippen molar-refractivity contribution in [1.82, 2.24) is 0 Å². The SMILES string of the molecule is CCC1C(=O)C1(C)CC. The molecule has 2 atom stereocenters. The minimum absolute atomic E-state index is 0.0781. The predicted molar refractivity (Wildman–Crippen MR) is 37.2 cm³/mol. The van der Waals surface area contributed by atoms with Gasteiger partial charge in [0.2, 0.25) is 0 Å². The van der Waals surface area contributed by atoms with E-state index in [0.717, 1.165) is 12.8 Å². The molecule has 1 rings (SSSR count). The highest BCUT2D eigenvalue weighted by atomic mass is 16.1. The molecule has 2 unspecified atom stereocenters. The zero-order valence-corrected chi connectivity index (χ0v) is 6.40. The minimum Gasteiger partial charge on any atom is -0.299 e. The van der Waals surface area contributed by atoms with Crippen LogP contribution < -0.4 is 0 Å². The molecule has 0 heterocycles. The van der Waals surface area contributed by atoms with Crippen LogP contribution in [0.2, 0.25) is 0 Å². The summed E-state index contributed by atoms with van der Waals surface area (Å²) in [6.45, 7) is 6.25. The maximum Gasteiger partial charge on any atom is 0.143 e. The molecule has 0 amide bonds. The molecule has 0 bridgehead atoms. The summed E-state index contributed by atoms with van der Waals surface area (Å²) >= 11 is 0. The van der Waals surface area contributed by atoms with Crippen LogP contribution in [0.4, 0.5) is 0 Å². The molecule has 1 nitrogen and oxygen atoms in total. The van der Waals surface area contributed by atoms with Gasteiger partial charge in [-0.15, -0.1) is 0 Å². The van der Waals surface area contributed by atoms with Crippen molar-refractivity contribution in [2.45, 2.75) is 33.6 Å². The van der Waals surface area contributed by atoms with Gasteiger partial charge in [-0.25, -0.2) is 0 Å². The molecule has 1 aliphatic carbocycles. The molecule has 1 aliphatic rings. The highest BCUT2D eigenvalue weighted by Crippen LogP contribution is 2.51. The molecule has 0 aromatic carbocycles. The van der Waals surface area contributed by atoms with E-state index in [0.29, 0.717) is 11.7 Å². The van der Waals surface area contributed by atoms with E-state index in [1.807, 2.05) is 0 Å². The molecular formula is C8H14O. The molecule has 52 valence electrons. The number of carbonyl (C=O) groups is 1. The zero-order chi connectivity index (χ0) is 7.07. The van der Waals surface area contributed by atoms with E-state index in [-0.39, 0.29) is 5.41 Å². The Labute approximate surface area is 56.4 Å². The van der Waals surface area contributed by atoms with Gasteiger partial charge in [-0.05, 0) is 12.8 Å². The van der Waals surface area contributed by atoms with E-state index in [9.17, 15) is 4.79 Å². The van der Waals surface area contributed by atoms with Crippen molar-refractivity contribution in [1.29, 1.82) is 0 Å². The van der Waals surface area contributed by atoms with Crippen molar-refractivity contribution < 1.29 is 4.79 Å². The lowest BCUT2D eigenvalue weighted by Gasteiger charge is -1.99. The molecule has 1 saturated carbocycles. The maximum absolute atomic E-state index is 11.0. The van der Waals surface area contributed by atoms with Gasteiger partial charge in [-0.2, -0.15) is 0 Å². The topological polar surface area (TPSA) is 17.1 Å². The smallest absolute Gasteiger partial charge is 0.143 e.